The van der Waals surface area contributed by atoms with Crippen molar-refractivity contribution in [1.29, 1.82) is 0 Å². The molecular formula is C21H15F3N2O4. The van der Waals surface area contributed by atoms with E-state index >= 15 is 0 Å². The Morgan fingerprint density at radius 2 is 2.00 bits per heavy atom. The van der Waals surface area contributed by atoms with Crippen LogP contribution in [0.3, 0.4) is 0 Å². The number of hydrogen-bond acceptors (Lipinski definition) is 5. The molecule has 6 nitrogen and oxygen atoms in total. The Labute approximate surface area is 167 Å². The number of aromatic nitrogens is 2. The summed E-state index contributed by atoms with van der Waals surface area (Å²) in [4.78, 5) is 28.8. The van der Waals surface area contributed by atoms with Gasteiger partial charge in [0.2, 0.25) is 0 Å². The molecule has 0 saturated carbocycles. The van der Waals surface area contributed by atoms with Crippen LogP contribution in [-0.4, -0.2) is 28.3 Å². The van der Waals surface area contributed by atoms with E-state index in [2.05, 4.69) is 9.72 Å². The average Bonchev–Trinajstić information content (AvgIpc) is 3.13. The van der Waals surface area contributed by atoms with E-state index < -0.39 is 18.8 Å². The summed E-state index contributed by atoms with van der Waals surface area (Å²) in [5.41, 5.74) is 0.513. The number of halogens is 3. The molecule has 3 heterocycles. The van der Waals surface area contributed by atoms with Crippen LogP contribution < -0.4 is 5.56 Å². The Balaban J connectivity index is 1.70. The molecule has 0 radical (unpaired) electrons. The number of benzene rings is 1. The molecule has 1 aromatic carbocycles. The lowest BCUT2D eigenvalue weighted by atomic mass is 10.1. The fourth-order valence-corrected chi connectivity index (χ4v) is 3.19. The molecule has 9 heteroatoms. The largest absolute Gasteiger partial charge is 0.458 e. The van der Waals surface area contributed by atoms with Gasteiger partial charge in [-0.15, -0.1) is 0 Å². The summed E-state index contributed by atoms with van der Waals surface area (Å²) in [6, 6.07) is 8.11. The van der Waals surface area contributed by atoms with Gasteiger partial charge >= 0.3 is 12.1 Å². The monoisotopic (exact) mass is 416 g/mol. The van der Waals surface area contributed by atoms with Crippen molar-refractivity contribution in [3.63, 3.8) is 0 Å². The number of fused-ring (bicyclic) bond motifs is 2. The first-order chi connectivity index (χ1) is 14.2. The second-order valence-electron chi connectivity index (χ2n) is 6.79. The number of aryl methyl sites for hydroxylation is 1. The van der Waals surface area contributed by atoms with Crippen molar-refractivity contribution in [3.05, 3.63) is 76.2 Å². The van der Waals surface area contributed by atoms with Crippen LogP contribution >= 0.6 is 0 Å². The van der Waals surface area contributed by atoms with Gasteiger partial charge in [0.15, 0.2) is 6.61 Å². The highest BCUT2D eigenvalue weighted by Gasteiger charge is 2.30. The van der Waals surface area contributed by atoms with Crippen molar-refractivity contribution >= 4 is 27.7 Å². The molecule has 0 saturated heterocycles. The van der Waals surface area contributed by atoms with Crippen LogP contribution in [0.15, 0.2) is 58.1 Å². The van der Waals surface area contributed by atoms with Gasteiger partial charge in [0.05, 0.1) is 11.9 Å². The lowest BCUT2D eigenvalue weighted by molar-refractivity contribution is -0.161. The lowest BCUT2D eigenvalue weighted by Crippen LogP contribution is -2.20. The molecule has 154 valence electrons. The SMILES string of the molecule is Cc1ccc(C(=O)OCC(F)(F)F)c2oc(Cn3ccc4ccncc4c3=O)cc12. The summed E-state index contributed by atoms with van der Waals surface area (Å²) in [5, 5.41) is 1.76. The molecule has 0 amide bonds. The van der Waals surface area contributed by atoms with Crippen LogP contribution in [0.4, 0.5) is 13.2 Å². The molecule has 0 N–H and O–H groups in total. The van der Waals surface area contributed by atoms with Crippen molar-refractivity contribution in [2.45, 2.75) is 19.6 Å². The first-order valence-electron chi connectivity index (χ1n) is 8.92. The van der Waals surface area contributed by atoms with Crippen molar-refractivity contribution in [1.82, 2.24) is 9.55 Å². The molecule has 30 heavy (non-hydrogen) atoms. The molecule has 0 spiro atoms. The maximum Gasteiger partial charge on any atom is 0.422 e. The molecule has 0 atom stereocenters. The molecule has 0 aliphatic rings. The number of furan rings is 1. The molecule has 0 bridgehead atoms. The van der Waals surface area contributed by atoms with Gasteiger partial charge in [-0.1, -0.05) is 6.07 Å². The first kappa shape index (κ1) is 19.7. The summed E-state index contributed by atoms with van der Waals surface area (Å²) in [6.07, 6.45) is 0.0579. The highest BCUT2D eigenvalue weighted by Crippen LogP contribution is 2.28. The summed E-state index contributed by atoms with van der Waals surface area (Å²) in [5.74, 6) is -0.762. The number of nitrogens with zero attached hydrogens (tertiary/aromatic N) is 2. The van der Waals surface area contributed by atoms with E-state index in [1.807, 2.05) is 0 Å². The predicted molar refractivity (Wildman–Crippen MR) is 102 cm³/mol. The Hall–Kier alpha value is -3.62. The number of rotatable bonds is 4. The quantitative estimate of drug-likeness (QED) is 0.466. The second-order valence-corrected chi connectivity index (χ2v) is 6.79. The molecular weight excluding hydrogens is 401 g/mol. The molecule has 0 fully saturated rings. The summed E-state index contributed by atoms with van der Waals surface area (Å²) >= 11 is 0. The molecule has 4 aromatic rings. The van der Waals surface area contributed by atoms with Crippen LogP contribution in [-0.2, 0) is 11.3 Å². The van der Waals surface area contributed by atoms with Gasteiger partial charge < -0.3 is 13.7 Å². The number of hydrogen-bond donors (Lipinski definition) is 0. The molecule has 4 rings (SSSR count). The predicted octanol–water partition coefficient (Wildman–Crippen LogP) is 4.22. The highest BCUT2D eigenvalue weighted by molar-refractivity contribution is 6.03. The van der Waals surface area contributed by atoms with E-state index in [-0.39, 0.29) is 23.3 Å². The summed E-state index contributed by atoms with van der Waals surface area (Å²) in [7, 11) is 0. The van der Waals surface area contributed by atoms with E-state index in [0.717, 1.165) is 10.9 Å². The zero-order valence-corrected chi connectivity index (χ0v) is 15.7. The van der Waals surface area contributed by atoms with Crippen molar-refractivity contribution in [3.8, 4) is 0 Å². The zero-order valence-electron chi connectivity index (χ0n) is 15.7. The molecule has 0 aliphatic carbocycles. The number of alkyl halides is 3. The van der Waals surface area contributed by atoms with Gasteiger partial charge in [0.25, 0.3) is 5.56 Å². The third-order valence-electron chi connectivity index (χ3n) is 4.65. The standard InChI is InChI=1S/C21H15F3N2O4/c1-12-2-3-15(20(28)29-11-21(22,23)24)18-16(12)8-14(30-18)10-26-7-5-13-4-6-25-9-17(13)19(26)27/h2-9H,10-11H2,1H3. The van der Waals surface area contributed by atoms with Crippen LogP contribution in [0, 0.1) is 6.92 Å². The van der Waals surface area contributed by atoms with E-state index in [0.29, 0.717) is 16.5 Å². The van der Waals surface area contributed by atoms with E-state index in [1.54, 1.807) is 43.6 Å². The number of pyridine rings is 2. The Kier molecular flexibility index (Phi) is 4.81. The maximum atomic E-state index is 12.7. The summed E-state index contributed by atoms with van der Waals surface area (Å²) in [6.45, 7) is 0.171. The van der Waals surface area contributed by atoms with Gasteiger partial charge in [-0.05, 0) is 42.1 Å². The third kappa shape index (κ3) is 3.78. The van der Waals surface area contributed by atoms with Crippen molar-refractivity contribution < 1.29 is 27.1 Å². The lowest BCUT2D eigenvalue weighted by Gasteiger charge is -2.08. The van der Waals surface area contributed by atoms with Crippen molar-refractivity contribution in [2.24, 2.45) is 0 Å². The second kappa shape index (κ2) is 7.33. The summed E-state index contributed by atoms with van der Waals surface area (Å²) < 4.78 is 48.6. The fraction of sp³-hybridized carbons (Fsp3) is 0.190. The van der Waals surface area contributed by atoms with Crippen LogP contribution in [0.2, 0.25) is 0 Å². The van der Waals surface area contributed by atoms with Gasteiger partial charge in [-0.25, -0.2) is 4.79 Å². The minimum absolute atomic E-state index is 0.0782. The van der Waals surface area contributed by atoms with Gasteiger partial charge in [0.1, 0.15) is 16.9 Å². The minimum atomic E-state index is -4.63. The maximum absolute atomic E-state index is 12.7. The smallest absolute Gasteiger partial charge is 0.422 e. The molecule has 3 aromatic heterocycles. The van der Waals surface area contributed by atoms with Crippen molar-refractivity contribution in [2.75, 3.05) is 6.61 Å². The van der Waals surface area contributed by atoms with Gasteiger partial charge in [-0.2, -0.15) is 13.2 Å². The molecule has 0 unspecified atom stereocenters. The highest BCUT2D eigenvalue weighted by atomic mass is 19.4. The number of esters is 1. The van der Waals surface area contributed by atoms with Crippen LogP contribution in [0.25, 0.3) is 21.7 Å². The fourth-order valence-electron chi connectivity index (χ4n) is 3.19. The first-order valence-corrected chi connectivity index (χ1v) is 8.92. The normalized spacial score (nSPS) is 11.9. The number of carbonyl (C=O) groups excluding carboxylic acids is 1. The van der Waals surface area contributed by atoms with Crippen LogP contribution in [0.1, 0.15) is 21.7 Å². The number of ether oxygens (including phenoxy) is 1. The minimum Gasteiger partial charge on any atom is -0.458 e. The van der Waals surface area contributed by atoms with E-state index in [1.165, 1.54) is 16.8 Å². The van der Waals surface area contributed by atoms with E-state index in [4.69, 9.17) is 4.42 Å². The Bertz CT molecular complexity index is 1320. The Morgan fingerprint density at radius 3 is 2.77 bits per heavy atom. The Morgan fingerprint density at radius 1 is 1.20 bits per heavy atom. The van der Waals surface area contributed by atoms with Crippen LogP contribution in [0.5, 0.6) is 0 Å². The zero-order chi connectivity index (χ0) is 21.5. The molecule has 0 aliphatic heterocycles. The topological polar surface area (TPSA) is 74.3 Å². The number of carbonyl (C=O) groups is 1. The van der Waals surface area contributed by atoms with Gasteiger partial charge in [0, 0.05) is 24.0 Å². The van der Waals surface area contributed by atoms with E-state index in [9.17, 15) is 22.8 Å². The van der Waals surface area contributed by atoms with Gasteiger partial charge in [-0.3, -0.25) is 9.78 Å². The third-order valence-corrected chi connectivity index (χ3v) is 4.65. The average molecular weight is 416 g/mol.